The number of ether oxygens (including phenoxy) is 1. The van der Waals surface area contributed by atoms with Gasteiger partial charge in [-0.3, -0.25) is 0 Å². The van der Waals surface area contributed by atoms with Crippen LogP contribution in [0.2, 0.25) is 0 Å². The van der Waals surface area contributed by atoms with Gasteiger partial charge in [0.15, 0.2) is 0 Å². The lowest BCUT2D eigenvalue weighted by molar-refractivity contribution is 0.242. The van der Waals surface area contributed by atoms with Crippen LogP contribution in [0.4, 0.5) is 11.4 Å². The molecule has 0 aliphatic carbocycles. The molecule has 1 saturated heterocycles. The van der Waals surface area contributed by atoms with Crippen molar-refractivity contribution in [2.24, 2.45) is 5.92 Å². The Morgan fingerprint density at radius 1 is 1.25 bits per heavy atom. The average molecular weight is 276 g/mol. The lowest BCUT2D eigenvalue weighted by atomic mass is 9.92. The predicted octanol–water partition coefficient (Wildman–Crippen LogP) is 4.07. The third-order valence-electron chi connectivity index (χ3n) is 3.96. The molecule has 0 radical (unpaired) electrons. The summed E-state index contributed by atoms with van der Waals surface area (Å²) in [5, 5.41) is 0. The van der Waals surface area contributed by atoms with Gasteiger partial charge in [0.1, 0.15) is 5.75 Å². The summed E-state index contributed by atoms with van der Waals surface area (Å²) in [6, 6.07) is 6.09. The number of hydrogen-bond donors (Lipinski definition) is 1. The molecule has 1 aliphatic rings. The summed E-state index contributed by atoms with van der Waals surface area (Å²) in [6.45, 7) is 8.63. The fourth-order valence-corrected chi connectivity index (χ4v) is 3.02. The lowest BCUT2D eigenvalue weighted by Crippen LogP contribution is -2.33. The molecule has 1 aliphatic heterocycles. The lowest BCUT2D eigenvalue weighted by Gasteiger charge is -2.34. The highest BCUT2D eigenvalue weighted by Crippen LogP contribution is 2.30. The minimum atomic E-state index is 0.181. The Bertz CT molecular complexity index is 423. The van der Waals surface area contributed by atoms with E-state index in [2.05, 4.69) is 24.0 Å². The van der Waals surface area contributed by atoms with E-state index in [-0.39, 0.29) is 6.10 Å². The fourth-order valence-electron chi connectivity index (χ4n) is 3.02. The summed E-state index contributed by atoms with van der Waals surface area (Å²) in [6.07, 6.45) is 5.44. The summed E-state index contributed by atoms with van der Waals surface area (Å²) < 4.78 is 5.78. The highest BCUT2D eigenvalue weighted by molar-refractivity contribution is 5.60. The van der Waals surface area contributed by atoms with E-state index in [9.17, 15) is 0 Å². The zero-order valence-corrected chi connectivity index (χ0v) is 13.1. The zero-order chi connectivity index (χ0) is 14.5. The molecule has 1 aromatic rings. The highest BCUT2D eigenvalue weighted by atomic mass is 16.5. The van der Waals surface area contributed by atoms with Crippen molar-refractivity contribution in [3.8, 4) is 5.75 Å². The number of rotatable bonds is 5. The van der Waals surface area contributed by atoms with Gasteiger partial charge in [0.2, 0.25) is 0 Å². The topological polar surface area (TPSA) is 38.5 Å². The van der Waals surface area contributed by atoms with Crippen LogP contribution >= 0.6 is 0 Å². The van der Waals surface area contributed by atoms with Gasteiger partial charge >= 0.3 is 0 Å². The number of nitrogen functional groups attached to an aromatic ring is 1. The Kier molecular flexibility index (Phi) is 5.16. The molecule has 3 nitrogen and oxygen atoms in total. The molecule has 0 atom stereocenters. The van der Waals surface area contributed by atoms with Gasteiger partial charge in [-0.2, -0.15) is 0 Å². The molecule has 0 bridgehead atoms. The Balaban J connectivity index is 2.03. The van der Waals surface area contributed by atoms with E-state index in [1.807, 2.05) is 19.9 Å². The maximum atomic E-state index is 6.01. The van der Waals surface area contributed by atoms with Crippen molar-refractivity contribution in [1.82, 2.24) is 0 Å². The monoisotopic (exact) mass is 276 g/mol. The first-order chi connectivity index (χ1) is 9.58. The summed E-state index contributed by atoms with van der Waals surface area (Å²) in [5.74, 6) is 1.79. The van der Waals surface area contributed by atoms with Gasteiger partial charge in [0.05, 0.1) is 6.10 Å². The van der Waals surface area contributed by atoms with Gasteiger partial charge < -0.3 is 15.4 Å². The summed E-state index contributed by atoms with van der Waals surface area (Å²) in [4.78, 5) is 2.44. The second kappa shape index (κ2) is 6.87. The fraction of sp³-hybridized carbons (Fsp3) is 0.647. The van der Waals surface area contributed by atoms with Gasteiger partial charge in [-0.05, 0) is 38.7 Å². The van der Waals surface area contributed by atoms with E-state index < -0.39 is 0 Å². The van der Waals surface area contributed by atoms with Crippen molar-refractivity contribution < 1.29 is 4.74 Å². The van der Waals surface area contributed by atoms with E-state index in [4.69, 9.17) is 10.5 Å². The van der Waals surface area contributed by atoms with Crippen LogP contribution in [0.25, 0.3) is 0 Å². The van der Waals surface area contributed by atoms with Crippen molar-refractivity contribution in [3.63, 3.8) is 0 Å². The van der Waals surface area contributed by atoms with E-state index in [1.165, 1.54) is 31.4 Å². The van der Waals surface area contributed by atoms with E-state index >= 15 is 0 Å². The normalized spacial score (nSPS) is 16.7. The Labute approximate surface area is 123 Å². The number of piperidine rings is 1. The molecule has 3 heteroatoms. The van der Waals surface area contributed by atoms with Crippen molar-refractivity contribution in [2.45, 2.75) is 52.6 Å². The van der Waals surface area contributed by atoms with Gasteiger partial charge in [0, 0.05) is 36.6 Å². The van der Waals surface area contributed by atoms with Gasteiger partial charge in [-0.25, -0.2) is 0 Å². The molecule has 112 valence electrons. The van der Waals surface area contributed by atoms with Crippen molar-refractivity contribution >= 4 is 11.4 Å². The van der Waals surface area contributed by atoms with E-state index in [0.29, 0.717) is 0 Å². The standard InChI is InChI=1S/C17H28N2O/c1-4-5-14-6-8-19(9-7-14)16-10-15(18)11-17(12-16)20-13(2)3/h10-14H,4-9,18H2,1-3H3. The number of benzene rings is 1. The molecule has 0 amide bonds. The molecule has 2 rings (SSSR count). The minimum absolute atomic E-state index is 0.181. The van der Waals surface area contributed by atoms with Crippen molar-refractivity contribution in [3.05, 3.63) is 18.2 Å². The minimum Gasteiger partial charge on any atom is -0.491 e. The summed E-state index contributed by atoms with van der Waals surface area (Å²) >= 11 is 0. The molecule has 1 aromatic carbocycles. The number of hydrogen-bond acceptors (Lipinski definition) is 3. The van der Waals surface area contributed by atoms with Crippen LogP contribution in [0, 0.1) is 5.92 Å². The zero-order valence-electron chi connectivity index (χ0n) is 13.1. The average Bonchev–Trinajstić information content (AvgIpc) is 2.38. The van der Waals surface area contributed by atoms with Gasteiger partial charge in [-0.15, -0.1) is 0 Å². The third kappa shape index (κ3) is 4.06. The first kappa shape index (κ1) is 15.0. The Morgan fingerprint density at radius 3 is 2.55 bits per heavy atom. The van der Waals surface area contributed by atoms with Crippen LogP contribution in [0.1, 0.15) is 46.5 Å². The van der Waals surface area contributed by atoms with Crippen LogP contribution in [-0.4, -0.2) is 19.2 Å². The molecule has 20 heavy (non-hydrogen) atoms. The van der Waals surface area contributed by atoms with Crippen LogP contribution in [0.15, 0.2) is 18.2 Å². The number of nitrogens with zero attached hydrogens (tertiary/aromatic N) is 1. The van der Waals surface area contributed by atoms with Crippen LogP contribution in [0.3, 0.4) is 0 Å². The van der Waals surface area contributed by atoms with E-state index in [0.717, 1.165) is 30.4 Å². The molecular formula is C17H28N2O. The van der Waals surface area contributed by atoms with Gasteiger partial charge in [-0.1, -0.05) is 19.8 Å². The quantitative estimate of drug-likeness (QED) is 0.824. The SMILES string of the molecule is CCCC1CCN(c2cc(N)cc(OC(C)C)c2)CC1. The number of anilines is 2. The summed E-state index contributed by atoms with van der Waals surface area (Å²) in [5.41, 5.74) is 8.00. The van der Waals surface area contributed by atoms with Crippen molar-refractivity contribution in [1.29, 1.82) is 0 Å². The first-order valence-electron chi connectivity index (χ1n) is 7.90. The van der Waals surface area contributed by atoms with Crippen LogP contribution in [-0.2, 0) is 0 Å². The second-order valence-electron chi connectivity index (χ2n) is 6.15. The molecule has 1 fully saturated rings. The largest absolute Gasteiger partial charge is 0.491 e. The number of nitrogens with two attached hydrogens (primary N) is 1. The second-order valence-corrected chi connectivity index (χ2v) is 6.15. The predicted molar refractivity (Wildman–Crippen MR) is 86.5 cm³/mol. The van der Waals surface area contributed by atoms with Gasteiger partial charge in [0.25, 0.3) is 0 Å². The molecule has 1 heterocycles. The maximum absolute atomic E-state index is 6.01. The highest BCUT2D eigenvalue weighted by Gasteiger charge is 2.19. The molecule has 0 saturated carbocycles. The first-order valence-corrected chi connectivity index (χ1v) is 7.90. The molecule has 0 aromatic heterocycles. The smallest absolute Gasteiger partial charge is 0.123 e. The third-order valence-corrected chi connectivity index (χ3v) is 3.96. The maximum Gasteiger partial charge on any atom is 0.123 e. The Morgan fingerprint density at radius 2 is 1.95 bits per heavy atom. The molecule has 0 spiro atoms. The molecular weight excluding hydrogens is 248 g/mol. The van der Waals surface area contributed by atoms with Crippen molar-refractivity contribution in [2.75, 3.05) is 23.7 Å². The summed E-state index contributed by atoms with van der Waals surface area (Å²) in [7, 11) is 0. The van der Waals surface area contributed by atoms with Crippen LogP contribution < -0.4 is 15.4 Å². The Hall–Kier alpha value is -1.38. The molecule has 2 N–H and O–H groups in total. The van der Waals surface area contributed by atoms with E-state index in [1.54, 1.807) is 0 Å². The molecule has 0 unspecified atom stereocenters. The van der Waals surface area contributed by atoms with Crippen LogP contribution in [0.5, 0.6) is 5.75 Å².